The fraction of sp³-hybridized carbons (Fsp3) is 0.182. The Hall–Kier alpha value is -1.09. The van der Waals surface area contributed by atoms with Crippen molar-refractivity contribution in [2.45, 2.75) is 6.42 Å². The highest BCUT2D eigenvalue weighted by molar-refractivity contribution is 9.09. The average Bonchev–Trinajstić information content (AvgIpc) is 2.16. The van der Waals surface area contributed by atoms with E-state index in [-0.39, 0.29) is 6.42 Å². The minimum atomic E-state index is -0.797. The molecule has 0 amide bonds. The van der Waals surface area contributed by atoms with Crippen LogP contribution in [0.4, 0.5) is 0 Å². The standard InChI is InChI=1S/C11H11BrO2/c12-7-1-2-9-3-5-10(6-4-9)8-11(13)14/h1-6H,7-8H2,(H,13,14). The van der Waals surface area contributed by atoms with E-state index >= 15 is 0 Å². The van der Waals surface area contributed by atoms with Crippen molar-refractivity contribution in [3.05, 3.63) is 41.5 Å². The number of carboxylic acids is 1. The zero-order chi connectivity index (χ0) is 10.4. The molecule has 0 bridgehead atoms. The summed E-state index contributed by atoms with van der Waals surface area (Å²) in [6, 6.07) is 7.50. The normalized spacial score (nSPS) is 10.6. The van der Waals surface area contributed by atoms with Gasteiger partial charge in [0.1, 0.15) is 0 Å². The molecule has 0 unspecified atom stereocenters. The molecule has 1 N–H and O–H groups in total. The van der Waals surface area contributed by atoms with E-state index in [4.69, 9.17) is 5.11 Å². The Morgan fingerprint density at radius 1 is 1.36 bits per heavy atom. The van der Waals surface area contributed by atoms with Crippen LogP contribution < -0.4 is 0 Å². The third-order valence-corrected chi connectivity index (χ3v) is 2.11. The fourth-order valence-electron chi connectivity index (χ4n) is 1.10. The Kier molecular flexibility index (Phi) is 4.40. The molecular weight excluding hydrogens is 244 g/mol. The molecule has 1 aromatic carbocycles. The van der Waals surface area contributed by atoms with Crippen molar-refractivity contribution in [1.82, 2.24) is 0 Å². The van der Waals surface area contributed by atoms with Crippen LogP contribution in [0.3, 0.4) is 0 Å². The largest absolute Gasteiger partial charge is 0.481 e. The van der Waals surface area contributed by atoms with Crippen molar-refractivity contribution in [3.8, 4) is 0 Å². The van der Waals surface area contributed by atoms with Gasteiger partial charge in [-0.2, -0.15) is 0 Å². The number of allylic oxidation sites excluding steroid dienone is 1. The fourth-order valence-corrected chi connectivity index (χ4v) is 1.29. The second kappa shape index (κ2) is 5.60. The van der Waals surface area contributed by atoms with Crippen molar-refractivity contribution in [1.29, 1.82) is 0 Å². The van der Waals surface area contributed by atoms with Crippen molar-refractivity contribution in [3.63, 3.8) is 0 Å². The Morgan fingerprint density at radius 3 is 2.50 bits per heavy atom. The summed E-state index contributed by atoms with van der Waals surface area (Å²) in [7, 11) is 0. The Labute approximate surface area is 91.4 Å². The lowest BCUT2D eigenvalue weighted by atomic mass is 10.1. The van der Waals surface area contributed by atoms with Gasteiger partial charge in [0.05, 0.1) is 6.42 Å². The lowest BCUT2D eigenvalue weighted by Gasteiger charge is -1.97. The molecule has 74 valence electrons. The molecule has 0 saturated heterocycles. The van der Waals surface area contributed by atoms with E-state index in [0.717, 1.165) is 16.5 Å². The van der Waals surface area contributed by atoms with Crippen LogP contribution in [0.15, 0.2) is 30.3 Å². The number of hydrogen-bond donors (Lipinski definition) is 1. The molecule has 1 aromatic rings. The number of alkyl halides is 1. The quantitative estimate of drug-likeness (QED) is 0.840. The van der Waals surface area contributed by atoms with Crippen LogP contribution in [-0.4, -0.2) is 16.4 Å². The summed E-state index contributed by atoms with van der Waals surface area (Å²) < 4.78 is 0. The highest BCUT2D eigenvalue weighted by atomic mass is 79.9. The number of hydrogen-bond acceptors (Lipinski definition) is 1. The number of carbonyl (C=O) groups is 1. The second-order valence-corrected chi connectivity index (χ2v) is 3.52. The molecule has 0 aliphatic carbocycles. The first kappa shape index (κ1) is 11.0. The molecule has 3 heteroatoms. The lowest BCUT2D eigenvalue weighted by molar-refractivity contribution is -0.136. The van der Waals surface area contributed by atoms with Crippen LogP contribution in [0, 0.1) is 0 Å². The van der Waals surface area contributed by atoms with Crippen LogP contribution in [0.25, 0.3) is 6.08 Å². The molecule has 0 atom stereocenters. The molecule has 0 heterocycles. The van der Waals surface area contributed by atoms with Crippen molar-refractivity contribution in [2.24, 2.45) is 0 Å². The SMILES string of the molecule is O=C(O)Cc1ccc(C=CCBr)cc1. The number of rotatable bonds is 4. The van der Waals surface area contributed by atoms with E-state index in [9.17, 15) is 4.79 Å². The molecule has 1 rings (SSSR count). The van der Waals surface area contributed by atoms with Gasteiger partial charge in [-0.3, -0.25) is 4.79 Å². The molecule has 2 nitrogen and oxygen atoms in total. The van der Waals surface area contributed by atoms with Gasteiger partial charge in [0.25, 0.3) is 0 Å². The van der Waals surface area contributed by atoms with E-state index in [0.29, 0.717) is 0 Å². The van der Waals surface area contributed by atoms with E-state index < -0.39 is 5.97 Å². The van der Waals surface area contributed by atoms with Gasteiger partial charge < -0.3 is 5.11 Å². The summed E-state index contributed by atoms with van der Waals surface area (Å²) >= 11 is 3.29. The van der Waals surface area contributed by atoms with Gasteiger partial charge in [-0.15, -0.1) is 0 Å². The van der Waals surface area contributed by atoms with Gasteiger partial charge in [0.15, 0.2) is 0 Å². The summed E-state index contributed by atoms with van der Waals surface area (Å²) in [5.41, 5.74) is 1.91. The average molecular weight is 255 g/mol. The first-order valence-electron chi connectivity index (χ1n) is 4.25. The topological polar surface area (TPSA) is 37.3 Å². The second-order valence-electron chi connectivity index (χ2n) is 2.87. The Bertz CT molecular complexity index is 328. The summed E-state index contributed by atoms with van der Waals surface area (Å²) in [6.07, 6.45) is 4.06. The number of halogens is 1. The lowest BCUT2D eigenvalue weighted by Crippen LogP contribution is -1.99. The maximum absolute atomic E-state index is 10.4. The van der Waals surface area contributed by atoms with E-state index in [2.05, 4.69) is 15.9 Å². The molecule has 0 aromatic heterocycles. The molecule has 0 saturated carbocycles. The first-order chi connectivity index (χ1) is 6.72. The van der Waals surface area contributed by atoms with Crippen LogP contribution in [0.2, 0.25) is 0 Å². The van der Waals surface area contributed by atoms with Gasteiger partial charge in [-0.25, -0.2) is 0 Å². The van der Waals surface area contributed by atoms with Gasteiger partial charge >= 0.3 is 5.97 Å². The summed E-state index contributed by atoms with van der Waals surface area (Å²) in [6.45, 7) is 0. The third-order valence-electron chi connectivity index (χ3n) is 1.73. The van der Waals surface area contributed by atoms with Crippen molar-refractivity contribution in [2.75, 3.05) is 5.33 Å². The van der Waals surface area contributed by atoms with Crippen LogP contribution in [0.1, 0.15) is 11.1 Å². The summed E-state index contributed by atoms with van der Waals surface area (Å²) in [5, 5.41) is 9.38. The maximum atomic E-state index is 10.4. The zero-order valence-corrected chi connectivity index (χ0v) is 9.20. The van der Waals surface area contributed by atoms with Crippen molar-refractivity contribution >= 4 is 28.0 Å². The predicted octanol–water partition coefficient (Wildman–Crippen LogP) is 2.72. The van der Waals surface area contributed by atoms with Crippen LogP contribution in [0.5, 0.6) is 0 Å². The van der Waals surface area contributed by atoms with Crippen LogP contribution >= 0.6 is 15.9 Å². The molecule has 0 aliphatic rings. The Morgan fingerprint density at radius 2 is 2.00 bits per heavy atom. The Balaban J connectivity index is 2.68. The minimum Gasteiger partial charge on any atom is -0.481 e. The maximum Gasteiger partial charge on any atom is 0.307 e. The van der Waals surface area contributed by atoms with E-state index in [1.165, 1.54) is 0 Å². The van der Waals surface area contributed by atoms with Crippen LogP contribution in [-0.2, 0) is 11.2 Å². The van der Waals surface area contributed by atoms with Gasteiger partial charge in [-0.05, 0) is 11.1 Å². The molecule has 0 radical (unpaired) electrons. The molecule has 0 aliphatic heterocycles. The number of carboxylic acid groups (broad SMARTS) is 1. The van der Waals surface area contributed by atoms with E-state index in [1.807, 2.05) is 36.4 Å². The molecular formula is C11H11BrO2. The van der Waals surface area contributed by atoms with E-state index in [1.54, 1.807) is 0 Å². The summed E-state index contributed by atoms with van der Waals surface area (Å²) in [4.78, 5) is 10.4. The third kappa shape index (κ3) is 3.75. The molecule has 0 spiro atoms. The smallest absolute Gasteiger partial charge is 0.307 e. The monoisotopic (exact) mass is 254 g/mol. The minimum absolute atomic E-state index is 0.0858. The number of benzene rings is 1. The molecule has 0 fully saturated rings. The predicted molar refractivity (Wildman–Crippen MR) is 60.6 cm³/mol. The van der Waals surface area contributed by atoms with Gasteiger partial charge in [-0.1, -0.05) is 52.3 Å². The van der Waals surface area contributed by atoms with Gasteiger partial charge in [0.2, 0.25) is 0 Å². The van der Waals surface area contributed by atoms with Gasteiger partial charge in [0, 0.05) is 5.33 Å². The highest BCUT2D eigenvalue weighted by Crippen LogP contribution is 2.07. The first-order valence-corrected chi connectivity index (χ1v) is 5.38. The molecule has 14 heavy (non-hydrogen) atoms. The summed E-state index contributed by atoms with van der Waals surface area (Å²) in [5.74, 6) is -0.797. The number of aliphatic carboxylic acids is 1. The highest BCUT2D eigenvalue weighted by Gasteiger charge is 1.98. The zero-order valence-electron chi connectivity index (χ0n) is 7.61. The van der Waals surface area contributed by atoms with Crippen molar-refractivity contribution < 1.29 is 9.90 Å².